The molecule has 0 aromatic carbocycles. The standard InChI is InChI=1S/C11H15BrN2O4S/c12-9-2-1-7(19-9)3-5-13-11(18)14-6-4-8(15)10(16)17/h1-2,8,15H,3-6H2,(H,16,17)(H2,13,14,18). The van der Waals surface area contributed by atoms with Crippen LogP contribution in [-0.2, 0) is 11.2 Å². The van der Waals surface area contributed by atoms with Gasteiger partial charge in [-0.2, -0.15) is 0 Å². The minimum Gasteiger partial charge on any atom is -0.479 e. The zero-order valence-electron chi connectivity index (χ0n) is 10.1. The van der Waals surface area contributed by atoms with Gasteiger partial charge in [0.1, 0.15) is 0 Å². The molecule has 8 heteroatoms. The molecule has 0 spiro atoms. The molecule has 1 unspecified atom stereocenters. The average Bonchev–Trinajstić information content (AvgIpc) is 2.74. The van der Waals surface area contributed by atoms with Crippen molar-refractivity contribution in [2.75, 3.05) is 13.1 Å². The second kappa shape index (κ2) is 8.13. The highest BCUT2D eigenvalue weighted by Gasteiger charge is 2.12. The van der Waals surface area contributed by atoms with Gasteiger partial charge in [-0.05, 0) is 34.5 Å². The van der Waals surface area contributed by atoms with Crippen molar-refractivity contribution in [3.05, 3.63) is 20.8 Å². The maximum absolute atomic E-state index is 11.3. The van der Waals surface area contributed by atoms with Crippen LogP contribution in [0.3, 0.4) is 0 Å². The van der Waals surface area contributed by atoms with Gasteiger partial charge in [-0.15, -0.1) is 11.3 Å². The molecule has 0 saturated carbocycles. The number of nitrogens with one attached hydrogen (secondary N) is 2. The van der Waals surface area contributed by atoms with Gasteiger partial charge < -0.3 is 20.8 Å². The van der Waals surface area contributed by atoms with Gasteiger partial charge in [0.25, 0.3) is 0 Å². The Morgan fingerprint density at radius 2 is 2.00 bits per heavy atom. The summed E-state index contributed by atoms with van der Waals surface area (Å²) in [5, 5.41) is 22.6. The van der Waals surface area contributed by atoms with Crippen LogP contribution >= 0.6 is 27.3 Å². The van der Waals surface area contributed by atoms with E-state index in [0.29, 0.717) is 6.54 Å². The third kappa shape index (κ3) is 6.55. The zero-order chi connectivity index (χ0) is 14.3. The summed E-state index contributed by atoms with van der Waals surface area (Å²) in [6.07, 6.45) is -0.717. The third-order valence-electron chi connectivity index (χ3n) is 2.27. The summed E-state index contributed by atoms with van der Waals surface area (Å²) in [6, 6.07) is 3.57. The fourth-order valence-corrected chi connectivity index (χ4v) is 2.78. The Morgan fingerprint density at radius 3 is 2.58 bits per heavy atom. The van der Waals surface area contributed by atoms with Gasteiger partial charge in [-0.3, -0.25) is 0 Å². The Kier molecular flexibility index (Phi) is 6.82. The summed E-state index contributed by atoms with van der Waals surface area (Å²) in [7, 11) is 0. The van der Waals surface area contributed by atoms with Gasteiger partial charge in [0.05, 0.1) is 3.79 Å². The summed E-state index contributed by atoms with van der Waals surface area (Å²) >= 11 is 4.97. The number of hydrogen-bond acceptors (Lipinski definition) is 4. The molecule has 1 aromatic heterocycles. The molecule has 1 atom stereocenters. The van der Waals surface area contributed by atoms with E-state index in [2.05, 4.69) is 26.6 Å². The Labute approximate surface area is 123 Å². The molecule has 0 aliphatic carbocycles. The van der Waals surface area contributed by atoms with E-state index >= 15 is 0 Å². The van der Waals surface area contributed by atoms with E-state index in [0.717, 1.165) is 15.1 Å². The van der Waals surface area contributed by atoms with Crippen LogP contribution in [0.4, 0.5) is 4.79 Å². The predicted molar refractivity (Wildman–Crippen MR) is 75.4 cm³/mol. The quantitative estimate of drug-likeness (QED) is 0.593. The monoisotopic (exact) mass is 350 g/mol. The van der Waals surface area contributed by atoms with Crippen molar-refractivity contribution in [1.29, 1.82) is 0 Å². The lowest BCUT2D eigenvalue weighted by atomic mass is 10.2. The largest absolute Gasteiger partial charge is 0.479 e. The molecule has 2 amide bonds. The lowest BCUT2D eigenvalue weighted by molar-refractivity contribution is -0.146. The maximum atomic E-state index is 11.3. The molecule has 0 fully saturated rings. The van der Waals surface area contributed by atoms with Gasteiger partial charge in [-0.25, -0.2) is 9.59 Å². The van der Waals surface area contributed by atoms with Crippen molar-refractivity contribution < 1.29 is 19.8 Å². The first-order valence-electron chi connectivity index (χ1n) is 5.66. The molecule has 1 rings (SSSR count). The van der Waals surface area contributed by atoms with Crippen LogP contribution in [0.25, 0.3) is 0 Å². The van der Waals surface area contributed by atoms with Crippen molar-refractivity contribution >= 4 is 39.3 Å². The Balaban J connectivity index is 2.10. The van der Waals surface area contributed by atoms with Gasteiger partial charge in [0, 0.05) is 24.4 Å². The number of carbonyl (C=O) groups excluding carboxylic acids is 1. The molecule has 1 heterocycles. The average molecular weight is 351 g/mol. The first-order valence-corrected chi connectivity index (χ1v) is 7.27. The normalized spacial score (nSPS) is 11.9. The van der Waals surface area contributed by atoms with E-state index < -0.39 is 12.1 Å². The molecule has 0 saturated heterocycles. The molecular weight excluding hydrogens is 336 g/mol. The molecule has 0 aliphatic rings. The second-order valence-electron chi connectivity index (χ2n) is 3.78. The minimum absolute atomic E-state index is 0.0133. The molecule has 106 valence electrons. The number of halogens is 1. The van der Waals surface area contributed by atoms with Crippen LogP contribution < -0.4 is 10.6 Å². The minimum atomic E-state index is -1.44. The van der Waals surface area contributed by atoms with E-state index in [-0.39, 0.29) is 19.0 Å². The summed E-state index contributed by atoms with van der Waals surface area (Å²) < 4.78 is 1.05. The van der Waals surface area contributed by atoms with E-state index in [1.54, 1.807) is 11.3 Å². The molecule has 6 nitrogen and oxygen atoms in total. The number of urea groups is 1. The molecular formula is C11H15BrN2O4S. The van der Waals surface area contributed by atoms with Gasteiger partial charge in [-0.1, -0.05) is 0 Å². The van der Waals surface area contributed by atoms with Crippen molar-refractivity contribution in [2.24, 2.45) is 0 Å². The SMILES string of the molecule is O=C(NCCc1ccc(Br)s1)NCCC(O)C(=O)O. The van der Waals surface area contributed by atoms with E-state index in [1.807, 2.05) is 12.1 Å². The highest BCUT2D eigenvalue weighted by molar-refractivity contribution is 9.11. The number of thiophene rings is 1. The number of aliphatic carboxylic acids is 1. The number of carboxylic acid groups (broad SMARTS) is 1. The van der Waals surface area contributed by atoms with E-state index in [4.69, 9.17) is 10.2 Å². The van der Waals surface area contributed by atoms with E-state index in [9.17, 15) is 9.59 Å². The smallest absolute Gasteiger partial charge is 0.332 e. The highest BCUT2D eigenvalue weighted by Crippen LogP contribution is 2.21. The lowest BCUT2D eigenvalue weighted by Gasteiger charge is -2.08. The van der Waals surface area contributed by atoms with Crippen molar-refractivity contribution in [1.82, 2.24) is 10.6 Å². The maximum Gasteiger partial charge on any atom is 0.332 e. The molecule has 19 heavy (non-hydrogen) atoms. The fraction of sp³-hybridized carbons (Fsp3) is 0.455. The third-order valence-corrected chi connectivity index (χ3v) is 3.96. The first-order chi connectivity index (χ1) is 8.99. The number of carboxylic acids is 1. The topological polar surface area (TPSA) is 98.7 Å². The number of hydrogen-bond donors (Lipinski definition) is 4. The lowest BCUT2D eigenvalue weighted by Crippen LogP contribution is -2.38. The van der Waals surface area contributed by atoms with Crippen molar-refractivity contribution in [3.63, 3.8) is 0 Å². The van der Waals surface area contributed by atoms with E-state index in [1.165, 1.54) is 0 Å². The first kappa shape index (κ1) is 15.9. The summed E-state index contributed by atoms with van der Waals surface area (Å²) in [5.74, 6) is -1.29. The molecule has 0 radical (unpaired) electrons. The van der Waals surface area contributed by atoms with Gasteiger partial charge in [0.15, 0.2) is 6.10 Å². The number of amides is 2. The van der Waals surface area contributed by atoms with Crippen molar-refractivity contribution in [3.8, 4) is 0 Å². The van der Waals surface area contributed by atoms with Crippen LogP contribution in [-0.4, -0.2) is 41.4 Å². The number of aliphatic hydroxyl groups excluding tert-OH is 1. The molecule has 1 aromatic rings. The Morgan fingerprint density at radius 1 is 1.32 bits per heavy atom. The molecule has 0 aliphatic heterocycles. The Hall–Kier alpha value is -1.12. The summed E-state index contributed by atoms with van der Waals surface area (Å²) in [4.78, 5) is 22.8. The molecule has 4 N–H and O–H groups in total. The predicted octanol–water partition coefficient (Wildman–Crippen LogP) is 1.19. The highest BCUT2D eigenvalue weighted by atomic mass is 79.9. The summed E-state index contributed by atoms with van der Waals surface area (Å²) in [5.41, 5.74) is 0. The van der Waals surface area contributed by atoms with Crippen molar-refractivity contribution in [2.45, 2.75) is 18.9 Å². The number of carbonyl (C=O) groups is 2. The second-order valence-corrected chi connectivity index (χ2v) is 6.33. The van der Waals surface area contributed by atoms with Gasteiger partial charge >= 0.3 is 12.0 Å². The fourth-order valence-electron chi connectivity index (χ4n) is 1.29. The zero-order valence-corrected chi connectivity index (χ0v) is 12.5. The van der Waals surface area contributed by atoms with Crippen LogP contribution in [0, 0.1) is 0 Å². The number of rotatable bonds is 7. The van der Waals surface area contributed by atoms with Crippen LogP contribution in [0.1, 0.15) is 11.3 Å². The van der Waals surface area contributed by atoms with Gasteiger partial charge in [0.2, 0.25) is 0 Å². The van der Waals surface area contributed by atoms with Crippen LogP contribution in [0.2, 0.25) is 0 Å². The Bertz CT molecular complexity index is 438. The molecule has 0 bridgehead atoms. The van der Waals surface area contributed by atoms with Crippen LogP contribution in [0.15, 0.2) is 15.9 Å². The van der Waals surface area contributed by atoms with Crippen LogP contribution in [0.5, 0.6) is 0 Å². The number of aliphatic hydroxyl groups is 1. The summed E-state index contributed by atoms with van der Waals surface area (Å²) in [6.45, 7) is 0.615.